The zero-order valence-electron chi connectivity index (χ0n) is 12.7. The quantitative estimate of drug-likeness (QED) is 0.682. The van der Waals surface area contributed by atoms with Crippen LogP contribution in [0.1, 0.15) is 30.9 Å². The fraction of sp³-hybridized carbons (Fsp3) is 0.600. The first-order valence-corrected chi connectivity index (χ1v) is 10.3. The number of hydrogen-bond acceptors (Lipinski definition) is 4. The van der Waals surface area contributed by atoms with Crippen LogP contribution in [0.2, 0.25) is 0 Å². The SMILES string of the molecule is CCc1ccc(CNC2CC2)cc1S(=O)(=O)NCCSC. The van der Waals surface area contributed by atoms with Gasteiger partial charge < -0.3 is 5.32 Å². The van der Waals surface area contributed by atoms with Crippen molar-refractivity contribution in [2.45, 2.75) is 43.7 Å². The lowest BCUT2D eigenvalue weighted by Crippen LogP contribution is -2.27. The summed E-state index contributed by atoms with van der Waals surface area (Å²) in [4.78, 5) is 0.432. The van der Waals surface area contributed by atoms with Gasteiger partial charge in [-0.05, 0) is 42.7 Å². The molecule has 1 aliphatic carbocycles. The summed E-state index contributed by atoms with van der Waals surface area (Å²) in [6, 6.07) is 6.40. The lowest BCUT2D eigenvalue weighted by Gasteiger charge is -2.12. The molecule has 0 radical (unpaired) electrons. The van der Waals surface area contributed by atoms with Crippen molar-refractivity contribution < 1.29 is 8.42 Å². The highest BCUT2D eigenvalue weighted by atomic mass is 32.2. The Morgan fingerprint density at radius 3 is 2.71 bits per heavy atom. The van der Waals surface area contributed by atoms with E-state index in [1.165, 1.54) is 12.8 Å². The Morgan fingerprint density at radius 1 is 1.33 bits per heavy atom. The first-order valence-electron chi connectivity index (χ1n) is 7.40. The Hall–Kier alpha value is -0.560. The topological polar surface area (TPSA) is 58.2 Å². The van der Waals surface area contributed by atoms with Gasteiger partial charge in [0.05, 0.1) is 4.90 Å². The van der Waals surface area contributed by atoms with Crippen molar-refractivity contribution in [3.8, 4) is 0 Å². The summed E-state index contributed by atoms with van der Waals surface area (Å²) in [7, 11) is -3.41. The van der Waals surface area contributed by atoms with Crippen LogP contribution in [0.25, 0.3) is 0 Å². The van der Waals surface area contributed by atoms with Crippen LogP contribution in [0.5, 0.6) is 0 Å². The van der Waals surface area contributed by atoms with Gasteiger partial charge in [0.1, 0.15) is 0 Å². The molecule has 1 aromatic rings. The van der Waals surface area contributed by atoms with Crippen molar-refractivity contribution in [1.82, 2.24) is 10.0 Å². The molecular formula is C15H24N2O2S2. The number of hydrogen-bond donors (Lipinski definition) is 2. The molecule has 0 bridgehead atoms. The summed E-state index contributed by atoms with van der Waals surface area (Å²) in [5.41, 5.74) is 1.91. The molecule has 0 aromatic heterocycles. The molecule has 1 aliphatic rings. The summed E-state index contributed by atoms with van der Waals surface area (Å²) >= 11 is 1.63. The Labute approximate surface area is 132 Å². The van der Waals surface area contributed by atoms with Crippen LogP contribution in [0, 0.1) is 0 Å². The molecule has 0 aliphatic heterocycles. The third-order valence-corrected chi connectivity index (χ3v) is 5.73. The maximum atomic E-state index is 12.4. The van der Waals surface area contributed by atoms with E-state index >= 15 is 0 Å². The molecule has 4 nitrogen and oxygen atoms in total. The van der Waals surface area contributed by atoms with Gasteiger partial charge in [-0.2, -0.15) is 11.8 Å². The van der Waals surface area contributed by atoms with E-state index < -0.39 is 10.0 Å². The third kappa shape index (κ3) is 4.98. The fourth-order valence-electron chi connectivity index (χ4n) is 2.16. The molecule has 0 unspecified atom stereocenters. The molecule has 21 heavy (non-hydrogen) atoms. The highest BCUT2D eigenvalue weighted by molar-refractivity contribution is 7.98. The van der Waals surface area contributed by atoms with Gasteiger partial charge >= 0.3 is 0 Å². The predicted molar refractivity (Wildman–Crippen MR) is 89.3 cm³/mol. The second-order valence-corrected chi connectivity index (χ2v) is 8.06. The number of nitrogens with one attached hydrogen (secondary N) is 2. The zero-order chi connectivity index (χ0) is 15.3. The van der Waals surface area contributed by atoms with Gasteiger partial charge in [-0.15, -0.1) is 0 Å². The van der Waals surface area contributed by atoms with E-state index in [1.54, 1.807) is 11.8 Å². The van der Waals surface area contributed by atoms with Gasteiger partial charge in [0.15, 0.2) is 0 Å². The maximum absolute atomic E-state index is 12.4. The summed E-state index contributed by atoms with van der Waals surface area (Å²) in [6.45, 7) is 3.19. The van der Waals surface area contributed by atoms with E-state index in [0.29, 0.717) is 17.5 Å². The Bertz CT molecular complexity index is 569. The fourth-order valence-corrected chi connectivity index (χ4v) is 3.98. The highest BCUT2D eigenvalue weighted by Gasteiger charge is 2.21. The Balaban J connectivity index is 2.15. The average Bonchev–Trinajstić information content (AvgIpc) is 3.29. The van der Waals surface area contributed by atoms with Crippen LogP contribution in [0.3, 0.4) is 0 Å². The van der Waals surface area contributed by atoms with E-state index in [4.69, 9.17) is 0 Å². The molecule has 6 heteroatoms. The molecule has 0 amide bonds. The largest absolute Gasteiger partial charge is 0.310 e. The van der Waals surface area contributed by atoms with Gasteiger partial charge in [-0.1, -0.05) is 19.1 Å². The number of thioether (sulfide) groups is 1. The summed E-state index contributed by atoms with van der Waals surface area (Å²) in [6.07, 6.45) is 5.15. The van der Waals surface area contributed by atoms with Crippen LogP contribution in [0.4, 0.5) is 0 Å². The summed E-state index contributed by atoms with van der Waals surface area (Å²) in [5, 5.41) is 3.42. The maximum Gasteiger partial charge on any atom is 0.240 e. The van der Waals surface area contributed by atoms with E-state index in [1.807, 2.05) is 31.4 Å². The average molecular weight is 329 g/mol. The van der Waals surface area contributed by atoms with Crippen LogP contribution >= 0.6 is 11.8 Å². The highest BCUT2D eigenvalue weighted by Crippen LogP contribution is 2.21. The molecule has 0 heterocycles. The first kappa shape index (κ1) is 16.8. The predicted octanol–water partition coefficient (Wildman–Crippen LogP) is 2.14. The molecule has 118 valence electrons. The van der Waals surface area contributed by atoms with Crippen molar-refractivity contribution in [1.29, 1.82) is 0 Å². The Morgan fingerprint density at radius 2 is 2.10 bits per heavy atom. The van der Waals surface area contributed by atoms with Crippen LogP contribution in [-0.4, -0.2) is 33.0 Å². The summed E-state index contributed by atoms with van der Waals surface area (Å²) < 4.78 is 27.6. The summed E-state index contributed by atoms with van der Waals surface area (Å²) in [5.74, 6) is 0.781. The van der Waals surface area contributed by atoms with E-state index in [0.717, 1.165) is 29.8 Å². The van der Waals surface area contributed by atoms with Crippen LogP contribution in [-0.2, 0) is 23.0 Å². The number of aryl methyl sites for hydroxylation is 1. The van der Waals surface area contributed by atoms with Crippen molar-refractivity contribution in [2.24, 2.45) is 0 Å². The Kier molecular flexibility index (Phi) is 6.10. The molecule has 0 saturated heterocycles. The number of benzene rings is 1. The van der Waals surface area contributed by atoms with Crippen LogP contribution < -0.4 is 10.0 Å². The monoisotopic (exact) mass is 328 g/mol. The standard InChI is InChI=1S/C15H24N2O2S2/c1-3-13-5-4-12(11-16-14-6-7-14)10-15(13)21(18,19)17-8-9-20-2/h4-5,10,14,16-17H,3,6-9,11H2,1-2H3. The third-order valence-electron chi connectivity index (χ3n) is 3.57. The van der Waals surface area contributed by atoms with Crippen molar-refractivity contribution in [3.05, 3.63) is 29.3 Å². The molecular weight excluding hydrogens is 304 g/mol. The van der Waals surface area contributed by atoms with E-state index in [9.17, 15) is 8.42 Å². The molecule has 1 saturated carbocycles. The van der Waals surface area contributed by atoms with Crippen LogP contribution in [0.15, 0.2) is 23.1 Å². The van der Waals surface area contributed by atoms with Gasteiger partial charge in [0.25, 0.3) is 0 Å². The molecule has 0 atom stereocenters. The molecule has 0 spiro atoms. The zero-order valence-corrected chi connectivity index (χ0v) is 14.3. The van der Waals surface area contributed by atoms with Crippen molar-refractivity contribution in [3.63, 3.8) is 0 Å². The minimum atomic E-state index is -3.41. The minimum absolute atomic E-state index is 0.432. The normalized spacial score (nSPS) is 15.3. The lowest BCUT2D eigenvalue weighted by atomic mass is 10.1. The van der Waals surface area contributed by atoms with Crippen molar-refractivity contribution in [2.75, 3.05) is 18.6 Å². The lowest BCUT2D eigenvalue weighted by molar-refractivity contribution is 0.582. The molecule has 2 N–H and O–H groups in total. The smallest absolute Gasteiger partial charge is 0.240 e. The van der Waals surface area contributed by atoms with Gasteiger partial charge in [-0.3, -0.25) is 0 Å². The second-order valence-electron chi connectivity index (χ2n) is 5.34. The number of rotatable bonds is 9. The van der Waals surface area contributed by atoms with Gasteiger partial charge in [-0.25, -0.2) is 13.1 Å². The van der Waals surface area contributed by atoms with E-state index in [2.05, 4.69) is 10.0 Å². The van der Waals surface area contributed by atoms with Crippen molar-refractivity contribution >= 4 is 21.8 Å². The molecule has 2 rings (SSSR count). The minimum Gasteiger partial charge on any atom is -0.310 e. The van der Waals surface area contributed by atoms with E-state index in [-0.39, 0.29) is 0 Å². The molecule has 1 fully saturated rings. The first-order chi connectivity index (χ1) is 10.1. The van der Waals surface area contributed by atoms with Gasteiger partial charge in [0, 0.05) is 24.9 Å². The molecule has 1 aromatic carbocycles. The second kappa shape index (κ2) is 7.63. The number of sulfonamides is 1. The van der Waals surface area contributed by atoms with Gasteiger partial charge in [0.2, 0.25) is 10.0 Å².